The van der Waals surface area contributed by atoms with Gasteiger partial charge < -0.3 is 14.2 Å². The summed E-state index contributed by atoms with van der Waals surface area (Å²) in [6, 6.07) is 14.1. The fourth-order valence-electron chi connectivity index (χ4n) is 4.75. The summed E-state index contributed by atoms with van der Waals surface area (Å²) in [5.74, 6) is -3.10. The molecule has 0 spiro atoms. The maximum atomic E-state index is 14.8. The number of esters is 1. The third-order valence-corrected chi connectivity index (χ3v) is 6.80. The molecule has 0 bridgehead atoms. The highest BCUT2D eigenvalue weighted by Gasteiger charge is 2.30. The zero-order valence-electron chi connectivity index (χ0n) is 21.4. The van der Waals surface area contributed by atoms with Crippen molar-refractivity contribution in [2.75, 3.05) is 13.2 Å². The van der Waals surface area contributed by atoms with E-state index in [-0.39, 0.29) is 17.3 Å². The standard InChI is InChI=1S/C31H31F3O4/c1-3-5-18-37-24-14-15-25(27(32)19-24)20-6-8-22(9-7-20)31(35)38-28-17-16-26(29(33)30(28)34)21-10-12-23(13-11-21)36-4-2/h3,10-17,19-20,22H,1,4-9,18H2,2H3. The Morgan fingerprint density at radius 3 is 2.29 bits per heavy atom. The van der Waals surface area contributed by atoms with Gasteiger partial charge in [0.1, 0.15) is 17.3 Å². The topological polar surface area (TPSA) is 44.8 Å². The molecule has 0 unspecified atom stereocenters. The minimum atomic E-state index is -1.21. The van der Waals surface area contributed by atoms with Gasteiger partial charge in [-0.05, 0) is 86.4 Å². The van der Waals surface area contributed by atoms with Crippen LogP contribution in [0.25, 0.3) is 11.1 Å². The number of carbonyl (C=O) groups is 1. The maximum Gasteiger partial charge on any atom is 0.314 e. The molecule has 1 aliphatic rings. The van der Waals surface area contributed by atoms with Crippen LogP contribution in [0.4, 0.5) is 13.2 Å². The molecule has 0 amide bonds. The summed E-state index contributed by atoms with van der Waals surface area (Å²) in [5.41, 5.74) is 1.13. The third kappa shape index (κ3) is 6.39. The van der Waals surface area contributed by atoms with E-state index >= 15 is 0 Å². The van der Waals surface area contributed by atoms with Gasteiger partial charge in [-0.2, -0.15) is 4.39 Å². The number of hydrogen-bond acceptors (Lipinski definition) is 4. The van der Waals surface area contributed by atoms with E-state index in [0.29, 0.717) is 67.9 Å². The second-order valence-electron chi connectivity index (χ2n) is 9.28. The van der Waals surface area contributed by atoms with Crippen molar-refractivity contribution >= 4 is 5.97 Å². The molecule has 0 aliphatic heterocycles. The highest BCUT2D eigenvalue weighted by Crippen LogP contribution is 2.39. The van der Waals surface area contributed by atoms with Gasteiger partial charge in [-0.1, -0.05) is 24.3 Å². The minimum Gasteiger partial charge on any atom is -0.494 e. The van der Waals surface area contributed by atoms with Crippen molar-refractivity contribution in [3.63, 3.8) is 0 Å². The normalized spacial score (nSPS) is 17.1. The third-order valence-electron chi connectivity index (χ3n) is 6.80. The Hall–Kier alpha value is -3.74. The van der Waals surface area contributed by atoms with E-state index < -0.39 is 29.3 Å². The molecular weight excluding hydrogens is 493 g/mol. The summed E-state index contributed by atoms with van der Waals surface area (Å²) in [7, 11) is 0. The van der Waals surface area contributed by atoms with Crippen LogP contribution < -0.4 is 14.2 Å². The number of rotatable bonds is 10. The van der Waals surface area contributed by atoms with Crippen molar-refractivity contribution in [2.45, 2.75) is 44.9 Å². The molecule has 200 valence electrons. The largest absolute Gasteiger partial charge is 0.494 e. The lowest BCUT2D eigenvalue weighted by Crippen LogP contribution is -2.25. The SMILES string of the molecule is C=CCCOc1ccc(C2CCC(C(=O)Oc3ccc(-c4ccc(OCC)cc4)c(F)c3F)CC2)c(F)c1. The van der Waals surface area contributed by atoms with Crippen molar-refractivity contribution in [1.29, 1.82) is 0 Å². The average Bonchev–Trinajstić information content (AvgIpc) is 2.92. The second-order valence-corrected chi connectivity index (χ2v) is 9.28. The highest BCUT2D eigenvalue weighted by atomic mass is 19.2. The monoisotopic (exact) mass is 524 g/mol. The summed E-state index contributed by atoms with van der Waals surface area (Å²) < 4.78 is 60.5. The molecule has 0 saturated heterocycles. The number of halogens is 3. The molecule has 0 aromatic heterocycles. The van der Waals surface area contributed by atoms with Gasteiger partial charge >= 0.3 is 5.97 Å². The van der Waals surface area contributed by atoms with Crippen molar-refractivity contribution < 1.29 is 32.2 Å². The molecule has 0 N–H and O–H groups in total. The fourth-order valence-corrected chi connectivity index (χ4v) is 4.75. The molecule has 4 rings (SSSR count). The smallest absolute Gasteiger partial charge is 0.314 e. The van der Waals surface area contributed by atoms with E-state index in [1.54, 1.807) is 42.5 Å². The van der Waals surface area contributed by atoms with E-state index in [9.17, 15) is 18.0 Å². The number of hydrogen-bond donors (Lipinski definition) is 0. The fraction of sp³-hybridized carbons (Fsp3) is 0.323. The maximum absolute atomic E-state index is 14.8. The first-order valence-electron chi connectivity index (χ1n) is 12.9. The Labute approximate surface area is 221 Å². The first-order valence-corrected chi connectivity index (χ1v) is 12.9. The zero-order chi connectivity index (χ0) is 27.1. The summed E-state index contributed by atoms with van der Waals surface area (Å²) in [6.07, 6.45) is 4.51. The van der Waals surface area contributed by atoms with E-state index in [4.69, 9.17) is 14.2 Å². The minimum absolute atomic E-state index is 0.0381. The molecule has 1 fully saturated rings. The van der Waals surface area contributed by atoms with Gasteiger partial charge in [0.2, 0.25) is 5.82 Å². The van der Waals surface area contributed by atoms with Crippen LogP contribution in [-0.4, -0.2) is 19.2 Å². The molecule has 38 heavy (non-hydrogen) atoms. The van der Waals surface area contributed by atoms with Crippen LogP contribution in [0.5, 0.6) is 17.2 Å². The lowest BCUT2D eigenvalue weighted by molar-refractivity contribution is -0.140. The number of benzene rings is 3. The predicted octanol–water partition coefficient (Wildman–Crippen LogP) is 8.00. The van der Waals surface area contributed by atoms with Gasteiger partial charge in [0.15, 0.2) is 11.6 Å². The first kappa shape index (κ1) is 27.3. The molecule has 3 aromatic rings. The number of carbonyl (C=O) groups excluding carboxylic acids is 1. The molecular formula is C31H31F3O4. The van der Waals surface area contributed by atoms with Gasteiger partial charge in [-0.3, -0.25) is 4.79 Å². The molecule has 1 saturated carbocycles. The Bertz CT molecular complexity index is 1260. The summed E-state index contributed by atoms with van der Waals surface area (Å²) in [4.78, 5) is 12.7. The summed E-state index contributed by atoms with van der Waals surface area (Å²) in [5, 5.41) is 0. The zero-order valence-corrected chi connectivity index (χ0v) is 21.4. The van der Waals surface area contributed by atoms with Crippen molar-refractivity contribution in [2.24, 2.45) is 5.92 Å². The molecule has 0 heterocycles. The predicted molar refractivity (Wildman–Crippen MR) is 140 cm³/mol. The van der Waals surface area contributed by atoms with Gasteiger partial charge in [0, 0.05) is 11.6 Å². The number of ether oxygens (including phenoxy) is 3. The van der Waals surface area contributed by atoms with E-state index in [1.165, 1.54) is 18.2 Å². The van der Waals surface area contributed by atoms with Gasteiger partial charge in [0.05, 0.1) is 19.1 Å². The molecule has 0 atom stereocenters. The molecule has 1 aliphatic carbocycles. The molecule has 3 aromatic carbocycles. The van der Waals surface area contributed by atoms with Crippen molar-refractivity contribution in [1.82, 2.24) is 0 Å². The Kier molecular flexibility index (Phi) is 9.10. The second kappa shape index (κ2) is 12.7. The van der Waals surface area contributed by atoms with Crippen LogP contribution in [0.15, 0.2) is 67.3 Å². The summed E-state index contributed by atoms with van der Waals surface area (Å²) >= 11 is 0. The van der Waals surface area contributed by atoms with Gasteiger partial charge in [-0.15, -0.1) is 6.58 Å². The van der Waals surface area contributed by atoms with Gasteiger partial charge in [0.25, 0.3) is 0 Å². The lowest BCUT2D eigenvalue weighted by Gasteiger charge is -2.28. The first-order chi connectivity index (χ1) is 18.4. The quantitative estimate of drug-likeness (QED) is 0.117. The van der Waals surface area contributed by atoms with Crippen LogP contribution in [0.3, 0.4) is 0 Å². The molecule has 4 nitrogen and oxygen atoms in total. The van der Waals surface area contributed by atoms with Crippen LogP contribution in [0, 0.1) is 23.4 Å². The molecule has 0 radical (unpaired) electrons. The van der Waals surface area contributed by atoms with E-state index in [1.807, 2.05) is 6.92 Å². The van der Waals surface area contributed by atoms with Crippen molar-refractivity contribution in [3.05, 3.63) is 90.3 Å². The lowest BCUT2D eigenvalue weighted by atomic mass is 9.78. The Morgan fingerprint density at radius 1 is 0.921 bits per heavy atom. The average molecular weight is 525 g/mol. The highest BCUT2D eigenvalue weighted by molar-refractivity contribution is 5.76. The Morgan fingerprint density at radius 2 is 1.63 bits per heavy atom. The van der Waals surface area contributed by atoms with Crippen LogP contribution in [0.2, 0.25) is 0 Å². The molecule has 7 heteroatoms. The summed E-state index contributed by atoms with van der Waals surface area (Å²) in [6.45, 7) is 6.42. The van der Waals surface area contributed by atoms with E-state index in [0.717, 1.165) is 0 Å². The van der Waals surface area contributed by atoms with E-state index in [2.05, 4.69) is 6.58 Å². The van der Waals surface area contributed by atoms with Gasteiger partial charge in [-0.25, -0.2) is 8.78 Å². The Balaban J connectivity index is 1.35. The van der Waals surface area contributed by atoms with Crippen LogP contribution >= 0.6 is 0 Å². The van der Waals surface area contributed by atoms with Crippen molar-refractivity contribution in [3.8, 4) is 28.4 Å². The van der Waals surface area contributed by atoms with Crippen LogP contribution in [-0.2, 0) is 4.79 Å². The van der Waals surface area contributed by atoms with Crippen LogP contribution in [0.1, 0.15) is 50.5 Å².